The van der Waals surface area contributed by atoms with Gasteiger partial charge in [0.15, 0.2) is 5.78 Å². The molecule has 3 amide bonds. The maximum absolute atomic E-state index is 13.5. The maximum Gasteiger partial charge on any atom is 0.253 e. The Balaban J connectivity index is 1.42. The average Bonchev–Trinajstić information content (AvgIpc) is 3.41. The number of benzene rings is 2. The van der Waals surface area contributed by atoms with Gasteiger partial charge in [-0.1, -0.05) is 0 Å². The third-order valence-electron chi connectivity index (χ3n) is 7.15. The molecule has 0 spiro atoms. The van der Waals surface area contributed by atoms with E-state index < -0.39 is 0 Å². The summed E-state index contributed by atoms with van der Waals surface area (Å²) in [7, 11) is 0. The molecule has 35 heavy (non-hydrogen) atoms. The van der Waals surface area contributed by atoms with Gasteiger partial charge >= 0.3 is 0 Å². The first-order valence-electron chi connectivity index (χ1n) is 12.3. The molecule has 3 heterocycles. The van der Waals surface area contributed by atoms with Gasteiger partial charge in [0, 0.05) is 36.4 Å². The number of piperidine rings is 1. The van der Waals surface area contributed by atoms with Crippen LogP contribution in [0.3, 0.4) is 0 Å². The van der Waals surface area contributed by atoms with Crippen LogP contribution in [-0.2, 0) is 9.59 Å². The summed E-state index contributed by atoms with van der Waals surface area (Å²) in [5.41, 5.74) is 3.17. The highest BCUT2D eigenvalue weighted by atomic mass is 16.2. The molecule has 182 valence electrons. The standard InChI is InChI=1S/C27H30N4O4/c1-18(32)19-7-10-21(11-8-19)28-25(33)17-31-24-16-20(26(34)29-13-4-5-14-29)9-12-22(24)30-15-3-2-6-23(30)27(31)35/h7-12,16,23H,2-6,13-15,17H2,1H3,(H,28,33)/t23-/m1/s1. The van der Waals surface area contributed by atoms with E-state index in [9.17, 15) is 19.2 Å². The van der Waals surface area contributed by atoms with E-state index in [-0.39, 0.29) is 36.1 Å². The first-order chi connectivity index (χ1) is 16.9. The van der Waals surface area contributed by atoms with Gasteiger partial charge in [-0.05, 0) is 81.5 Å². The van der Waals surface area contributed by atoms with E-state index >= 15 is 0 Å². The summed E-state index contributed by atoms with van der Waals surface area (Å²) < 4.78 is 0. The predicted molar refractivity (Wildman–Crippen MR) is 134 cm³/mol. The van der Waals surface area contributed by atoms with Gasteiger partial charge < -0.3 is 15.1 Å². The van der Waals surface area contributed by atoms with Gasteiger partial charge in [-0.2, -0.15) is 0 Å². The highest BCUT2D eigenvalue weighted by molar-refractivity contribution is 6.11. The summed E-state index contributed by atoms with van der Waals surface area (Å²) >= 11 is 0. The molecule has 8 heteroatoms. The van der Waals surface area contributed by atoms with Crippen molar-refractivity contribution in [3.63, 3.8) is 0 Å². The van der Waals surface area contributed by atoms with E-state index in [0.29, 0.717) is 22.5 Å². The Morgan fingerprint density at radius 2 is 1.57 bits per heavy atom. The lowest BCUT2D eigenvalue weighted by atomic mass is 9.95. The first kappa shape index (κ1) is 23.1. The molecule has 2 saturated heterocycles. The second-order valence-electron chi connectivity index (χ2n) is 9.51. The molecule has 3 aliphatic heterocycles. The van der Waals surface area contributed by atoms with Gasteiger partial charge in [0.1, 0.15) is 12.6 Å². The molecule has 5 rings (SSSR count). The maximum atomic E-state index is 13.5. The van der Waals surface area contributed by atoms with Crippen molar-refractivity contribution in [2.75, 3.05) is 41.3 Å². The number of carbonyl (C=O) groups is 4. The number of anilines is 3. The first-order valence-corrected chi connectivity index (χ1v) is 12.3. The summed E-state index contributed by atoms with van der Waals surface area (Å²) in [5, 5.41) is 2.83. The minimum absolute atomic E-state index is 0.0338. The zero-order valence-electron chi connectivity index (χ0n) is 20.0. The number of carbonyl (C=O) groups excluding carboxylic acids is 4. The van der Waals surface area contributed by atoms with E-state index in [1.54, 1.807) is 30.3 Å². The smallest absolute Gasteiger partial charge is 0.253 e. The highest BCUT2D eigenvalue weighted by Gasteiger charge is 2.40. The number of nitrogens with one attached hydrogen (secondary N) is 1. The Kier molecular flexibility index (Phi) is 6.28. The molecule has 2 aromatic carbocycles. The van der Waals surface area contributed by atoms with Crippen LogP contribution in [-0.4, -0.2) is 60.6 Å². The Labute approximate surface area is 204 Å². The lowest BCUT2D eigenvalue weighted by Crippen LogP contribution is -2.56. The van der Waals surface area contributed by atoms with E-state index in [2.05, 4.69) is 10.2 Å². The predicted octanol–water partition coefficient (Wildman–Crippen LogP) is 3.47. The van der Waals surface area contributed by atoms with Gasteiger partial charge in [-0.15, -0.1) is 0 Å². The van der Waals surface area contributed by atoms with Crippen LogP contribution in [0.25, 0.3) is 0 Å². The number of ketones is 1. The van der Waals surface area contributed by atoms with E-state index in [4.69, 9.17) is 0 Å². The second-order valence-corrected chi connectivity index (χ2v) is 9.51. The molecular weight excluding hydrogens is 444 g/mol. The minimum Gasteiger partial charge on any atom is -0.358 e. The molecule has 1 atom stereocenters. The number of likely N-dealkylation sites (tertiary alicyclic amines) is 1. The molecule has 0 aliphatic carbocycles. The lowest BCUT2D eigenvalue weighted by Gasteiger charge is -2.45. The molecule has 1 N–H and O–H groups in total. The Bertz CT molecular complexity index is 1170. The minimum atomic E-state index is -0.333. The van der Waals surface area contributed by atoms with Crippen LogP contribution in [0, 0.1) is 0 Å². The fourth-order valence-electron chi connectivity index (χ4n) is 5.29. The van der Waals surface area contributed by atoms with Crippen LogP contribution >= 0.6 is 0 Å². The molecule has 0 saturated carbocycles. The van der Waals surface area contributed by atoms with Crippen molar-refractivity contribution in [1.82, 2.24) is 4.90 Å². The van der Waals surface area contributed by atoms with Crippen molar-refractivity contribution < 1.29 is 19.2 Å². The monoisotopic (exact) mass is 474 g/mol. The number of hydrogen-bond donors (Lipinski definition) is 1. The van der Waals surface area contributed by atoms with Crippen LogP contribution in [0.2, 0.25) is 0 Å². The zero-order chi connectivity index (χ0) is 24.5. The topological polar surface area (TPSA) is 90.0 Å². The number of nitrogens with zero attached hydrogens (tertiary/aromatic N) is 3. The summed E-state index contributed by atoms with van der Waals surface area (Å²) in [4.78, 5) is 56.6. The molecule has 0 aromatic heterocycles. The van der Waals surface area contributed by atoms with Gasteiger partial charge in [0.25, 0.3) is 5.91 Å². The SMILES string of the molecule is CC(=O)c1ccc(NC(=O)CN2C(=O)[C@H]3CCCCN3c3ccc(C(=O)N4CCCC4)cc32)cc1. The summed E-state index contributed by atoms with van der Waals surface area (Å²) in [6.45, 7) is 3.62. The van der Waals surface area contributed by atoms with Crippen molar-refractivity contribution >= 4 is 40.6 Å². The van der Waals surface area contributed by atoms with Crippen LogP contribution in [0.5, 0.6) is 0 Å². The number of rotatable bonds is 5. The molecule has 0 radical (unpaired) electrons. The number of hydrogen-bond acceptors (Lipinski definition) is 5. The van der Waals surface area contributed by atoms with E-state index in [1.165, 1.54) is 11.8 Å². The number of Topliss-reactive ketones (excluding diaryl/α,β-unsaturated/α-hetero) is 1. The lowest BCUT2D eigenvalue weighted by molar-refractivity contribution is -0.123. The summed E-state index contributed by atoms with van der Waals surface area (Å²) in [6, 6.07) is 11.9. The average molecular weight is 475 g/mol. The normalized spacial score (nSPS) is 19.3. The molecule has 3 aliphatic rings. The van der Waals surface area contributed by atoms with Gasteiger partial charge in [0.2, 0.25) is 11.8 Å². The molecule has 2 fully saturated rings. The largest absolute Gasteiger partial charge is 0.358 e. The Morgan fingerprint density at radius 1 is 0.886 bits per heavy atom. The van der Waals surface area contributed by atoms with E-state index in [1.807, 2.05) is 17.0 Å². The fraction of sp³-hybridized carbons (Fsp3) is 0.407. The van der Waals surface area contributed by atoms with Crippen LogP contribution in [0.4, 0.5) is 17.1 Å². The quantitative estimate of drug-likeness (QED) is 0.671. The molecule has 0 unspecified atom stereocenters. The third-order valence-corrected chi connectivity index (χ3v) is 7.15. The summed E-state index contributed by atoms with van der Waals surface area (Å²) in [5.74, 6) is -0.520. The number of fused-ring (bicyclic) bond motifs is 3. The second kappa shape index (κ2) is 9.52. The number of amides is 3. The molecule has 8 nitrogen and oxygen atoms in total. The van der Waals surface area contributed by atoms with Gasteiger partial charge in [-0.3, -0.25) is 24.1 Å². The third kappa shape index (κ3) is 4.52. The molecule has 0 bridgehead atoms. The van der Waals surface area contributed by atoms with Crippen molar-refractivity contribution in [2.24, 2.45) is 0 Å². The van der Waals surface area contributed by atoms with Crippen molar-refractivity contribution in [3.05, 3.63) is 53.6 Å². The van der Waals surface area contributed by atoms with Crippen LogP contribution in [0.15, 0.2) is 42.5 Å². The zero-order valence-corrected chi connectivity index (χ0v) is 20.0. The fourth-order valence-corrected chi connectivity index (χ4v) is 5.29. The van der Waals surface area contributed by atoms with Crippen LogP contribution in [0.1, 0.15) is 59.7 Å². The Morgan fingerprint density at radius 3 is 2.29 bits per heavy atom. The van der Waals surface area contributed by atoms with Crippen molar-refractivity contribution in [2.45, 2.75) is 45.1 Å². The van der Waals surface area contributed by atoms with Gasteiger partial charge in [0.05, 0.1) is 11.4 Å². The van der Waals surface area contributed by atoms with Crippen molar-refractivity contribution in [1.29, 1.82) is 0 Å². The summed E-state index contributed by atoms with van der Waals surface area (Å²) in [6.07, 6.45) is 4.73. The van der Waals surface area contributed by atoms with E-state index in [0.717, 1.165) is 57.4 Å². The van der Waals surface area contributed by atoms with Gasteiger partial charge in [-0.25, -0.2) is 0 Å². The molecule has 2 aromatic rings. The highest BCUT2D eigenvalue weighted by Crippen LogP contribution is 2.40. The molecular formula is C27H30N4O4. The van der Waals surface area contributed by atoms with Crippen LogP contribution < -0.4 is 15.1 Å². The van der Waals surface area contributed by atoms with Crippen molar-refractivity contribution in [3.8, 4) is 0 Å². The Hall–Kier alpha value is -3.68.